The molecule has 0 radical (unpaired) electrons. The van der Waals surface area contributed by atoms with Crippen molar-refractivity contribution in [2.24, 2.45) is 0 Å². The van der Waals surface area contributed by atoms with Crippen molar-refractivity contribution in [1.82, 2.24) is 9.97 Å². The highest BCUT2D eigenvalue weighted by atomic mass is 32.2. The Morgan fingerprint density at radius 1 is 1.35 bits per heavy atom. The van der Waals surface area contributed by atoms with E-state index < -0.39 is 5.97 Å². The number of nitrogens with zero attached hydrogens (tertiary/aromatic N) is 2. The summed E-state index contributed by atoms with van der Waals surface area (Å²) in [5.41, 5.74) is 6.51. The molecule has 0 fully saturated rings. The fraction of sp³-hybridized carbons (Fsp3) is 0. The van der Waals surface area contributed by atoms with Gasteiger partial charge < -0.3 is 10.8 Å². The van der Waals surface area contributed by atoms with Gasteiger partial charge in [0.05, 0.1) is 5.56 Å². The van der Waals surface area contributed by atoms with Crippen LogP contribution < -0.4 is 5.73 Å². The van der Waals surface area contributed by atoms with Crippen LogP contribution in [0.1, 0.15) is 10.4 Å². The Labute approximate surface area is 102 Å². The van der Waals surface area contributed by atoms with Crippen LogP contribution in [-0.4, -0.2) is 21.0 Å². The first-order valence-corrected chi connectivity index (χ1v) is 5.55. The highest BCUT2D eigenvalue weighted by Crippen LogP contribution is 2.31. The first-order valence-electron chi connectivity index (χ1n) is 4.73. The van der Waals surface area contributed by atoms with Gasteiger partial charge in [-0.25, -0.2) is 14.8 Å². The molecule has 0 saturated heterocycles. The monoisotopic (exact) mass is 247 g/mol. The number of nitrogen functional groups attached to an aromatic ring is 1. The summed E-state index contributed by atoms with van der Waals surface area (Å²) in [4.78, 5) is 19.4. The number of aromatic carboxylic acids is 1. The van der Waals surface area contributed by atoms with E-state index in [0.717, 1.165) is 0 Å². The lowest BCUT2D eigenvalue weighted by atomic mass is 10.2. The molecule has 3 N–H and O–H groups in total. The zero-order valence-corrected chi connectivity index (χ0v) is 9.52. The molecular weight excluding hydrogens is 238 g/mol. The second kappa shape index (κ2) is 4.84. The normalized spacial score (nSPS) is 10.1. The molecule has 0 amide bonds. The third kappa shape index (κ3) is 2.73. The van der Waals surface area contributed by atoms with Gasteiger partial charge in [-0.2, -0.15) is 0 Å². The molecule has 1 aromatic carbocycles. The SMILES string of the molecule is Nc1ccc(C(=O)O)cc1Sc1ccncn1. The lowest BCUT2D eigenvalue weighted by molar-refractivity contribution is 0.0696. The van der Waals surface area contributed by atoms with Crippen LogP contribution in [0.4, 0.5) is 5.69 Å². The highest BCUT2D eigenvalue weighted by Gasteiger charge is 2.08. The zero-order valence-electron chi connectivity index (χ0n) is 8.70. The van der Waals surface area contributed by atoms with Gasteiger partial charge in [0.2, 0.25) is 0 Å². The number of carboxylic acids is 1. The minimum Gasteiger partial charge on any atom is -0.478 e. The molecule has 0 unspecified atom stereocenters. The van der Waals surface area contributed by atoms with E-state index in [-0.39, 0.29) is 5.56 Å². The van der Waals surface area contributed by atoms with Crippen molar-refractivity contribution in [3.63, 3.8) is 0 Å². The molecule has 86 valence electrons. The van der Waals surface area contributed by atoms with E-state index in [2.05, 4.69) is 9.97 Å². The lowest BCUT2D eigenvalue weighted by Crippen LogP contribution is -1.98. The maximum Gasteiger partial charge on any atom is 0.335 e. The van der Waals surface area contributed by atoms with Crippen LogP contribution in [-0.2, 0) is 0 Å². The molecule has 0 atom stereocenters. The number of rotatable bonds is 3. The maximum absolute atomic E-state index is 10.8. The van der Waals surface area contributed by atoms with Crippen LogP contribution in [0, 0.1) is 0 Å². The van der Waals surface area contributed by atoms with E-state index in [1.807, 2.05) is 0 Å². The molecule has 1 aromatic heterocycles. The standard InChI is InChI=1S/C11H9N3O2S/c12-8-2-1-7(11(15)16)5-9(8)17-10-3-4-13-6-14-10/h1-6H,12H2,(H,15,16). The average molecular weight is 247 g/mol. The predicted molar refractivity (Wildman–Crippen MR) is 64.0 cm³/mol. The number of hydrogen-bond donors (Lipinski definition) is 2. The minimum absolute atomic E-state index is 0.204. The first kappa shape index (κ1) is 11.4. The Hall–Kier alpha value is -2.08. The Bertz CT molecular complexity index is 546. The van der Waals surface area contributed by atoms with Crippen LogP contribution in [0.15, 0.2) is 46.7 Å². The van der Waals surface area contributed by atoms with Gasteiger partial charge in [0, 0.05) is 16.8 Å². The van der Waals surface area contributed by atoms with Crippen molar-refractivity contribution in [2.75, 3.05) is 5.73 Å². The molecule has 0 aliphatic rings. The lowest BCUT2D eigenvalue weighted by Gasteiger charge is -2.05. The van der Waals surface area contributed by atoms with Crippen LogP contribution >= 0.6 is 11.8 Å². The highest BCUT2D eigenvalue weighted by molar-refractivity contribution is 7.99. The van der Waals surface area contributed by atoms with Gasteiger partial charge in [0.25, 0.3) is 0 Å². The van der Waals surface area contributed by atoms with Crippen molar-refractivity contribution in [1.29, 1.82) is 0 Å². The fourth-order valence-corrected chi connectivity index (χ4v) is 2.03. The second-order valence-corrected chi connectivity index (χ2v) is 4.27. The molecule has 0 saturated carbocycles. The van der Waals surface area contributed by atoms with Gasteiger partial charge in [0.1, 0.15) is 11.4 Å². The number of anilines is 1. The number of hydrogen-bond acceptors (Lipinski definition) is 5. The smallest absolute Gasteiger partial charge is 0.335 e. The summed E-state index contributed by atoms with van der Waals surface area (Å²) in [5, 5.41) is 9.61. The second-order valence-electron chi connectivity index (χ2n) is 3.21. The molecule has 0 aliphatic carbocycles. The van der Waals surface area contributed by atoms with Gasteiger partial charge in [0.15, 0.2) is 0 Å². The summed E-state index contributed by atoms with van der Waals surface area (Å²) < 4.78 is 0. The third-order valence-corrected chi connectivity index (χ3v) is 3.05. The molecule has 1 heterocycles. The van der Waals surface area contributed by atoms with Crippen LogP contribution in [0.2, 0.25) is 0 Å². The Kier molecular flexibility index (Phi) is 3.24. The van der Waals surface area contributed by atoms with E-state index >= 15 is 0 Å². The number of aromatic nitrogens is 2. The number of benzene rings is 1. The van der Waals surface area contributed by atoms with E-state index in [9.17, 15) is 4.79 Å². The summed E-state index contributed by atoms with van der Waals surface area (Å²) in [5.74, 6) is -0.977. The maximum atomic E-state index is 10.8. The summed E-state index contributed by atoms with van der Waals surface area (Å²) in [6, 6.07) is 6.32. The minimum atomic E-state index is -0.977. The molecule has 0 spiro atoms. The molecular formula is C11H9N3O2S. The van der Waals surface area contributed by atoms with Crippen molar-refractivity contribution in [3.8, 4) is 0 Å². The zero-order chi connectivity index (χ0) is 12.3. The first-order chi connectivity index (χ1) is 8.16. The van der Waals surface area contributed by atoms with Gasteiger partial charge in [-0.15, -0.1) is 0 Å². The Morgan fingerprint density at radius 3 is 2.82 bits per heavy atom. The average Bonchev–Trinajstić information content (AvgIpc) is 2.33. The fourth-order valence-electron chi connectivity index (χ4n) is 1.21. The Balaban J connectivity index is 2.32. The molecule has 0 aliphatic heterocycles. The summed E-state index contributed by atoms with van der Waals surface area (Å²) in [6.07, 6.45) is 3.05. The van der Waals surface area contributed by atoms with Gasteiger partial charge >= 0.3 is 5.97 Å². The van der Waals surface area contributed by atoms with E-state index in [1.54, 1.807) is 18.3 Å². The molecule has 2 aromatic rings. The van der Waals surface area contributed by atoms with Crippen molar-refractivity contribution < 1.29 is 9.90 Å². The van der Waals surface area contributed by atoms with Gasteiger partial charge in [-0.05, 0) is 24.3 Å². The number of carbonyl (C=O) groups is 1. The third-order valence-electron chi connectivity index (χ3n) is 2.03. The van der Waals surface area contributed by atoms with Gasteiger partial charge in [-0.1, -0.05) is 11.8 Å². The molecule has 0 bridgehead atoms. The number of carboxylic acid groups (broad SMARTS) is 1. The van der Waals surface area contributed by atoms with Crippen LogP contribution in [0.3, 0.4) is 0 Å². The van der Waals surface area contributed by atoms with E-state index in [1.165, 1.54) is 30.2 Å². The topological polar surface area (TPSA) is 89.1 Å². The van der Waals surface area contributed by atoms with Crippen LogP contribution in [0.25, 0.3) is 0 Å². The summed E-state index contributed by atoms with van der Waals surface area (Å²) in [7, 11) is 0. The summed E-state index contributed by atoms with van der Waals surface area (Å²) in [6.45, 7) is 0. The van der Waals surface area contributed by atoms with E-state index in [4.69, 9.17) is 10.8 Å². The number of nitrogens with two attached hydrogens (primary N) is 1. The Morgan fingerprint density at radius 2 is 2.18 bits per heavy atom. The molecule has 5 nitrogen and oxygen atoms in total. The summed E-state index contributed by atoms with van der Waals surface area (Å²) >= 11 is 1.31. The largest absolute Gasteiger partial charge is 0.478 e. The predicted octanol–water partition coefficient (Wildman–Crippen LogP) is 1.91. The van der Waals surface area contributed by atoms with Crippen molar-refractivity contribution >= 4 is 23.4 Å². The quantitative estimate of drug-likeness (QED) is 0.636. The van der Waals surface area contributed by atoms with Crippen molar-refractivity contribution in [3.05, 3.63) is 42.4 Å². The van der Waals surface area contributed by atoms with Crippen LogP contribution in [0.5, 0.6) is 0 Å². The van der Waals surface area contributed by atoms with Gasteiger partial charge in [-0.3, -0.25) is 0 Å². The molecule has 2 rings (SSSR count). The molecule has 17 heavy (non-hydrogen) atoms. The van der Waals surface area contributed by atoms with E-state index in [0.29, 0.717) is 15.6 Å². The molecule has 6 heteroatoms. The van der Waals surface area contributed by atoms with Crippen molar-refractivity contribution in [2.45, 2.75) is 9.92 Å².